The number of carbonyl (C=O) groups is 2. The molecule has 0 radical (unpaired) electrons. The van der Waals surface area contributed by atoms with E-state index in [4.69, 9.17) is 0 Å². The summed E-state index contributed by atoms with van der Waals surface area (Å²) in [6.45, 7) is 2.55. The number of aliphatic hydroxyl groups is 1. The molecule has 1 aromatic carbocycles. The first-order valence-electron chi connectivity index (χ1n) is 9.21. The second-order valence-electron chi connectivity index (χ2n) is 7.71. The van der Waals surface area contributed by atoms with Crippen LogP contribution in [0, 0.1) is 11.3 Å². The molecule has 136 valence electrons. The summed E-state index contributed by atoms with van der Waals surface area (Å²) in [6, 6.07) is 9.12. The number of hydrogen-bond acceptors (Lipinski definition) is 4. The van der Waals surface area contributed by atoms with Gasteiger partial charge in [0.15, 0.2) is 12.1 Å². The van der Waals surface area contributed by atoms with Crippen molar-refractivity contribution in [3.8, 4) is 0 Å². The molecular weight excluding hydrogens is 316 g/mol. The molecule has 25 heavy (non-hydrogen) atoms. The Morgan fingerprint density at radius 3 is 2.48 bits per heavy atom. The topological polar surface area (TPSA) is 60.9 Å². The van der Waals surface area contributed by atoms with Crippen LogP contribution < -0.4 is 0 Å². The van der Waals surface area contributed by atoms with Gasteiger partial charge in [-0.15, -0.1) is 0 Å². The van der Waals surface area contributed by atoms with Gasteiger partial charge in [0.1, 0.15) is 0 Å². The lowest BCUT2D eigenvalue weighted by molar-refractivity contribution is -0.191. The molecule has 1 N–H and O–H groups in total. The molecule has 1 saturated heterocycles. The number of aliphatic hydroxyl groups excluding tert-OH is 1. The Bertz CT molecular complexity index is 627. The van der Waals surface area contributed by atoms with Gasteiger partial charge in [-0.1, -0.05) is 49.6 Å². The fraction of sp³-hybridized carbons (Fsp3) is 0.600. The van der Waals surface area contributed by atoms with Gasteiger partial charge in [0.2, 0.25) is 5.91 Å². The Kier molecular flexibility index (Phi) is 5.25. The van der Waals surface area contributed by atoms with Crippen molar-refractivity contribution < 1.29 is 14.7 Å². The summed E-state index contributed by atoms with van der Waals surface area (Å²) in [4.78, 5) is 28.6. The maximum absolute atomic E-state index is 12.9. The Labute approximate surface area is 149 Å². The Morgan fingerprint density at radius 1 is 1.20 bits per heavy atom. The van der Waals surface area contributed by atoms with Gasteiger partial charge in [-0.05, 0) is 25.7 Å². The van der Waals surface area contributed by atoms with Gasteiger partial charge in [0, 0.05) is 19.2 Å². The number of carbonyl (C=O) groups excluding carboxylic acids is 2. The first-order chi connectivity index (χ1) is 11.9. The molecule has 0 bridgehead atoms. The zero-order valence-electron chi connectivity index (χ0n) is 15.1. The largest absolute Gasteiger partial charge is 0.361 e. The van der Waals surface area contributed by atoms with Gasteiger partial charge in [0.05, 0.1) is 12.0 Å². The number of amides is 1. The number of rotatable bonds is 4. The summed E-state index contributed by atoms with van der Waals surface area (Å²) >= 11 is 0. The van der Waals surface area contributed by atoms with E-state index in [0.717, 1.165) is 25.7 Å². The summed E-state index contributed by atoms with van der Waals surface area (Å²) < 4.78 is 0. The molecule has 2 unspecified atom stereocenters. The normalized spacial score (nSPS) is 29.0. The molecule has 3 rings (SSSR count). The maximum Gasteiger partial charge on any atom is 0.232 e. The SMILES string of the molecule is CN1C(=O)C(C)(C2CCCCC2)CN(CC(=O)c2ccccc2)C1O. The van der Waals surface area contributed by atoms with Crippen LogP contribution in [0.5, 0.6) is 0 Å². The third-order valence-corrected chi connectivity index (χ3v) is 5.96. The average Bonchev–Trinajstić information content (AvgIpc) is 2.65. The molecule has 2 fully saturated rings. The third-order valence-electron chi connectivity index (χ3n) is 5.96. The molecule has 2 atom stereocenters. The first kappa shape index (κ1) is 18.1. The Morgan fingerprint density at radius 2 is 1.84 bits per heavy atom. The van der Waals surface area contributed by atoms with E-state index in [9.17, 15) is 14.7 Å². The van der Waals surface area contributed by atoms with Gasteiger partial charge < -0.3 is 10.0 Å². The highest BCUT2D eigenvalue weighted by Gasteiger charge is 2.50. The van der Waals surface area contributed by atoms with E-state index in [0.29, 0.717) is 18.0 Å². The maximum atomic E-state index is 12.9. The molecule has 1 aliphatic carbocycles. The smallest absolute Gasteiger partial charge is 0.232 e. The second-order valence-corrected chi connectivity index (χ2v) is 7.71. The van der Waals surface area contributed by atoms with E-state index in [1.165, 1.54) is 11.3 Å². The van der Waals surface area contributed by atoms with Crippen LogP contribution in [0.2, 0.25) is 0 Å². The molecular formula is C20H28N2O3. The summed E-state index contributed by atoms with van der Waals surface area (Å²) in [6.07, 6.45) is 4.59. The zero-order chi connectivity index (χ0) is 18.0. The molecule has 0 aromatic heterocycles. The van der Waals surface area contributed by atoms with Crippen LogP contribution in [0.25, 0.3) is 0 Å². The van der Waals surface area contributed by atoms with Crippen LogP contribution >= 0.6 is 0 Å². The van der Waals surface area contributed by atoms with E-state index >= 15 is 0 Å². The van der Waals surface area contributed by atoms with Crippen LogP contribution in [-0.4, -0.2) is 53.1 Å². The number of hydrogen-bond donors (Lipinski definition) is 1. The number of Topliss-reactive ketones (excluding diaryl/α,β-unsaturated/α-hetero) is 1. The highest BCUT2D eigenvalue weighted by atomic mass is 16.3. The molecule has 1 aliphatic heterocycles. The molecule has 0 spiro atoms. The number of ketones is 1. The van der Waals surface area contributed by atoms with E-state index in [-0.39, 0.29) is 18.2 Å². The van der Waals surface area contributed by atoms with Crippen LogP contribution in [-0.2, 0) is 4.79 Å². The van der Waals surface area contributed by atoms with E-state index < -0.39 is 11.8 Å². The summed E-state index contributed by atoms with van der Waals surface area (Å²) in [5, 5.41) is 10.5. The minimum Gasteiger partial charge on any atom is -0.361 e. The van der Waals surface area contributed by atoms with Crippen molar-refractivity contribution in [3.05, 3.63) is 35.9 Å². The second kappa shape index (κ2) is 7.26. The predicted molar refractivity (Wildman–Crippen MR) is 95.8 cm³/mol. The van der Waals surface area contributed by atoms with E-state index in [1.807, 2.05) is 25.1 Å². The van der Waals surface area contributed by atoms with Gasteiger partial charge >= 0.3 is 0 Å². The van der Waals surface area contributed by atoms with Crippen molar-refractivity contribution in [2.24, 2.45) is 11.3 Å². The lowest BCUT2D eigenvalue weighted by Gasteiger charge is -2.50. The molecule has 1 heterocycles. The zero-order valence-corrected chi connectivity index (χ0v) is 15.1. The van der Waals surface area contributed by atoms with E-state index in [2.05, 4.69) is 0 Å². The quantitative estimate of drug-likeness (QED) is 0.853. The molecule has 1 saturated carbocycles. The van der Waals surface area contributed by atoms with E-state index in [1.54, 1.807) is 24.1 Å². The van der Waals surface area contributed by atoms with Crippen molar-refractivity contribution in [3.63, 3.8) is 0 Å². The lowest BCUT2D eigenvalue weighted by Crippen LogP contribution is -2.65. The lowest BCUT2D eigenvalue weighted by atomic mass is 9.68. The van der Waals surface area contributed by atoms with Crippen LogP contribution in [0.15, 0.2) is 30.3 Å². The van der Waals surface area contributed by atoms with Gasteiger partial charge in [0.25, 0.3) is 0 Å². The summed E-state index contributed by atoms with van der Waals surface area (Å²) in [5.74, 6) is 0.279. The molecule has 2 aliphatic rings. The highest BCUT2D eigenvalue weighted by Crippen LogP contribution is 2.42. The molecule has 1 amide bonds. The summed E-state index contributed by atoms with van der Waals surface area (Å²) in [7, 11) is 1.63. The van der Waals surface area contributed by atoms with Crippen molar-refractivity contribution in [2.45, 2.75) is 45.4 Å². The fourth-order valence-corrected chi connectivity index (χ4v) is 4.40. The van der Waals surface area contributed by atoms with Gasteiger partial charge in [-0.25, -0.2) is 0 Å². The molecule has 5 heteroatoms. The van der Waals surface area contributed by atoms with Crippen LogP contribution in [0.1, 0.15) is 49.4 Å². The third kappa shape index (κ3) is 3.48. The summed E-state index contributed by atoms with van der Waals surface area (Å²) in [5.41, 5.74) is 0.0966. The monoisotopic (exact) mass is 344 g/mol. The number of nitrogens with zero attached hydrogens (tertiary/aromatic N) is 2. The Hall–Kier alpha value is -1.72. The van der Waals surface area contributed by atoms with Gasteiger partial charge in [-0.2, -0.15) is 0 Å². The van der Waals surface area contributed by atoms with Crippen LogP contribution in [0.3, 0.4) is 0 Å². The average molecular weight is 344 g/mol. The Balaban J connectivity index is 1.79. The van der Waals surface area contributed by atoms with Gasteiger partial charge in [-0.3, -0.25) is 14.5 Å². The van der Waals surface area contributed by atoms with Crippen molar-refractivity contribution >= 4 is 11.7 Å². The highest BCUT2D eigenvalue weighted by molar-refractivity contribution is 5.97. The molecule has 5 nitrogen and oxygen atoms in total. The van der Waals surface area contributed by atoms with Crippen molar-refractivity contribution in [1.29, 1.82) is 0 Å². The van der Waals surface area contributed by atoms with Crippen molar-refractivity contribution in [2.75, 3.05) is 20.1 Å². The van der Waals surface area contributed by atoms with Crippen LogP contribution in [0.4, 0.5) is 0 Å². The number of benzene rings is 1. The minimum atomic E-state index is -1.04. The predicted octanol–water partition coefficient (Wildman–Crippen LogP) is 2.51. The first-order valence-corrected chi connectivity index (χ1v) is 9.21. The standard InChI is InChI=1S/C20H28N2O3/c1-20(16-11-7-4-8-12-16)14-22(19(25)21(2)18(20)24)13-17(23)15-9-5-3-6-10-15/h3,5-6,9-10,16,19,25H,4,7-8,11-14H2,1-2H3. The molecule has 1 aromatic rings. The minimum absolute atomic E-state index is 0.00434. The fourth-order valence-electron chi connectivity index (χ4n) is 4.40. The van der Waals surface area contributed by atoms with Crippen molar-refractivity contribution in [1.82, 2.24) is 9.80 Å².